The van der Waals surface area contributed by atoms with Crippen molar-refractivity contribution in [2.75, 3.05) is 4.72 Å². The molecule has 0 amide bonds. The fourth-order valence-corrected chi connectivity index (χ4v) is 2.38. The van der Waals surface area contributed by atoms with Crippen molar-refractivity contribution in [2.24, 2.45) is 7.05 Å². The lowest BCUT2D eigenvalue weighted by atomic mass is 10.2. The van der Waals surface area contributed by atoms with Crippen molar-refractivity contribution in [2.45, 2.75) is 4.90 Å². The van der Waals surface area contributed by atoms with Gasteiger partial charge in [-0.15, -0.1) is 5.10 Å². The minimum atomic E-state index is -4.35. The molecule has 0 spiro atoms. The number of halogens is 1. The highest BCUT2D eigenvalue weighted by molar-refractivity contribution is 7.92. The van der Waals surface area contributed by atoms with Gasteiger partial charge in [0.05, 0.1) is 12.6 Å². The number of carbonyl (C=O) groups is 1. The molecule has 0 aliphatic rings. The van der Waals surface area contributed by atoms with Crippen LogP contribution in [-0.2, 0) is 17.1 Å². The average Bonchev–Trinajstić information content (AvgIpc) is 2.73. The van der Waals surface area contributed by atoms with Crippen LogP contribution in [0.3, 0.4) is 0 Å². The summed E-state index contributed by atoms with van der Waals surface area (Å²) in [5, 5.41) is 19.1. The average molecular weight is 301 g/mol. The van der Waals surface area contributed by atoms with Crippen LogP contribution < -0.4 is 4.72 Å². The number of aromatic nitrogens is 4. The number of benzene rings is 1. The molecule has 1 heterocycles. The molecular weight excluding hydrogens is 293 g/mol. The molecule has 0 bridgehead atoms. The monoisotopic (exact) mass is 301 g/mol. The van der Waals surface area contributed by atoms with Crippen LogP contribution in [0.25, 0.3) is 0 Å². The van der Waals surface area contributed by atoms with Crippen molar-refractivity contribution in [3.05, 3.63) is 29.6 Å². The van der Waals surface area contributed by atoms with Gasteiger partial charge in [0.15, 0.2) is 0 Å². The number of hydrogen-bond donors (Lipinski definition) is 2. The van der Waals surface area contributed by atoms with E-state index in [0.717, 1.165) is 16.9 Å². The van der Waals surface area contributed by atoms with Gasteiger partial charge >= 0.3 is 5.97 Å². The Kier molecular flexibility index (Phi) is 3.36. The third-order valence-corrected chi connectivity index (χ3v) is 3.54. The maximum atomic E-state index is 13.6. The molecule has 0 atom stereocenters. The summed E-state index contributed by atoms with van der Waals surface area (Å²) in [5.74, 6) is -2.82. The minimum absolute atomic E-state index is 0.354. The van der Waals surface area contributed by atoms with Crippen LogP contribution in [0, 0.1) is 5.82 Å². The second-order valence-electron chi connectivity index (χ2n) is 3.66. The Bertz CT molecular complexity index is 772. The van der Waals surface area contributed by atoms with Gasteiger partial charge in [0.1, 0.15) is 10.7 Å². The van der Waals surface area contributed by atoms with E-state index in [1.165, 1.54) is 7.05 Å². The molecule has 9 nitrogen and oxygen atoms in total. The van der Waals surface area contributed by atoms with Gasteiger partial charge in [-0.25, -0.2) is 22.3 Å². The fraction of sp³-hybridized carbons (Fsp3) is 0.111. The second-order valence-corrected chi connectivity index (χ2v) is 5.31. The van der Waals surface area contributed by atoms with E-state index in [0.29, 0.717) is 6.07 Å². The molecule has 0 aliphatic carbocycles. The number of rotatable bonds is 4. The molecule has 1 aromatic heterocycles. The number of carboxylic acid groups (broad SMARTS) is 1. The normalized spacial score (nSPS) is 11.3. The molecule has 20 heavy (non-hydrogen) atoms. The maximum Gasteiger partial charge on any atom is 0.335 e. The number of sulfonamides is 1. The number of aromatic carboxylic acids is 1. The van der Waals surface area contributed by atoms with Crippen molar-refractivity contribution in [3.8, 4) is 0 Å². The van der Waals surface area contributed by atoms with Crippen molar-refractivity contribution >= 4 is 21.9 Å². The first-order valence-electron chi connectivity index (χ1n) is 5.09. The molecule has 0 fully saturated rings. The summed E-state index contributed by atoms with van der Waals surface area (Å²) in [7, 11) is -2.94. The Morgan fingerprint density at radius 3 is 2.70 bits per heavy atom. The third-order valence-electron chi connectivity index (χ3n) is 2.20. The lowest BCUT2D eigenvalue weighted by molar-refractivity contribution is 0.0696. The maximum absolute atomic E-state index is 13.6. The lowest BCUT2D eigenvalue weighted by Crippen LogP contribution is -2.16. The van der Waals surface area contributed by atoms with E-state index in [4.69, 9.17) is 5.11 Å². The van der Waals surface area contributed by atoms with Gasteiger partial charge in [0.2, 0.25) is 0 Å². The zero-order chi connectivity index (χ0) is 14.9. The van der Waals surface area contributed by atoms with Gasteiger partial charge in [-0.1, -0.05) is 5.10 Å². The van der Waals surface area contributed by atoms with Gasteiger partial charge in [-0.3, -0.25) is 0 Å². The predicted octanol–water partition coefficient (Wildman–Crippen LogP) is -0.152. The summed E-state index contributed by atoms with van der Waals surface area (Å²) in [6.07, 6.45) is 0. The van der Waals surface area contributed by atoms with E-state index in [1.807, 2.05) is 4.72 Å². The van der Waals surface area contributed by atoms with Gasteiger partial charge in [0.25, 0.3) is 16.0 Å². The smallest absolute Gasteiger partial charge is 0.335 e. The number of carboxylic acids is 1. The number of nitrogens with one attached hydrogen (secondary N) is 1. The molecule has 106 valence electrons. The van der Waals surface area contributed by atoms with E-state index in [2.05, 4.69) is 15.4 Å². The number of nitrogens with zero attached hydrogens (tertiary/aromatic N) is 4. The topological polar surface area (TPSA) is 127 Å². The van der Waals surface area contributed by atoms with Crippen molar-refractivity contribution in [1.29, 1.82) is 0 Å². The summed E-state index contributed by atoms with van der Waals surface area (Å²) in [5.41, 5.74) is -0.362. The van der Waals surface area contributed by atoms with Crippen LogP contribution in [-0.4, -0.2) is 39.7 Å². The third kappa shape index (κ3) is 2.71. The van der Waals surface area contributed by atoms with E-state index < -0.39 is 26.7 Å². The summed E-state index contributed by atoms with van der Waals surface area (Å²) in [6.45, 7) is 0. The Balaban J connectivity index is 2.43. The molecule has 0 saturated heterocycles. The summed E-state index contributed by atoms with van der Waals surface area (Å²) < 4.78 is 39.3. The summed E-state index contributed by atoms with van der Waals surface area (Å²) >= 11 is 0. The molecule has 2 aromatic rings. The standard InChI is InChI=1S/C9H8FN5O4S/c1-15-12-9(11-14-15)13-20(18,19)7-4-5(8(16)17)2-3-6(7)10/h2-4H,1H3,(H,12,13)(H,16,17). The first-order valence-corrected chi connectivity index (χ1v) is 6.57. The minimum Gasteiger partial charge on any atom is -0.478 e. The Hall–Kier alpha value is -2.56. The van der Waals surface area contributed by atoms with Gasteiger partial charge < -0.3 is 5.11 Å². The molecule has 2 rings (SSSR count). The zero-order valence-electron chi connectivity index (χ0n) is 9.98. The summed E-state index contributed by atoms with van der Waals surface area (Å²) in [6, 6.07) is 2.41. The molecular formula is C9H8FN5O4S. The molecule has 0 unspecified atom stereocenters. The first kappa shape index (κ1) is 13.9. The lowest BCUT2D eigenvalue weighted by Gasteiger charge is -2.06. The van der Waals surface area contributed by atoms with E-state index in [-0.39, 0.29) is 11.5 Å². The van der Waals surface area contributed by atoms with E-state index in [9.17, 15) is 17.6 Å². The van der Waals surface area contributed by atoms with Crippen LogP contribution in [0.4, 0.5) is 10.3 Å². The first-order chi connectivity index (χ1) is 9.29. The second kappa shape index (κ2) is 4.85. The Morgan fingerprint density at radius 1 is 1.45 bits per heavy atom. The molecule has 11 heteroatoms. The van der Waals surface area contributed by atoms with Crippen molar-refractivity contribution in [3.63, 3.8) is 0 Å². The van der Waals surface area contributed by atoms with Crippen molar-refractivity contribution in [1.82, 2.24) is 20.2 Å². The molecule has 2 N–H and O–H groups in total. The number of anilines is 1. The van der Waals surface area contributed by atoms with Crippen LogP contribution in [0.1, 0.15) is 10.4 Å². The highest BCUT2D eigenvalue weighted by Crippen LogP contribution is 2.18. The number of aryl methyl sites for hydroxylation is 1. The van der Waals surface area contributed by atoms with Crippen LogP contribution in [0.15, 0.2) is 23.1 Å². The van der Waals surface area contributed by atoms with Crippen LogP contribution in [0.5, 0.6) is 0 Å². The highest BCUT2D eigenvalue weighted by Gasteiger charge is 2.22. The molecule has 0 aliphatic heterocycles. The van der Waals surface area contributed by atoms with Gasteiger partial charge in [-0.2, -0.15) is 4.80 Å². The van der Waals surface area contributed by atoms with E-state index >= 15 is 0 Å². The SMILES string of the molecule is Cn1nnc(NS(=O)(=O)c2cc(C(=O)O)ccc2F)n1. The van der Waals surface area contributed by atoms with E-state index in [1.54, 1.807) is 0 Å². The quantitative estimate of drug-likeness (QED) is 0.803. The molecule has 0 radical (unpaired) electrons. The number of hydrogen-bond acceptors (Lipinski definition) is 6. The fourth-order valence-electron chi connectivity index (χ4n) is 1.34. The van der Waals surface area contributed by atoms with Gasteiger partial charge in [0, 0.05) is 0 Å². The largest absolute Gasteiger partial charge is 0.478 e. The van der Waals surface area contributed by atoms with Crippen LogP contribution >= 0.6 is 0 Å². The van der Waals surface area contributed by atoms with Crippen LogP contribution in [0.2, 0.25) is 0 Å². The predicted molar refractivity (Wildman–Crippen MR) is 63.0 cm³/mol. The Morgan fingerprint density at radius 2 is 2.15 bits per heavy atom. The summed E-state index contributed by atoms with van der Waals surface area (Å²) in [4.78, 5) is 11.0. The highest BCUT2D eigenvalue weighted by atomic mass is 32.2. The van der Waals surface area contributed by atoms with Gasteiger partial charge in [-0.05, 0) is 23.4 Å². The van der Waals surface area contributed by atoms with Crippen molar-refractivity contribution < 1.29 is 22.7 Å². The zero-order valence-corrected chi connectivity index (χ0v) is 10.8. The number of tetrazole rings is 1. The molecule has 0 saturated carbocycles. The molecule has 1 aromatic carbocycles. The Labute approximate surface area is 112 Å².